The number of aliphatic hydroxyl groups is 1. The molecule has 0 amide bonds. The minimum Gasteiger partial charge on any atom is -0.416 e. The first-order chi connectivity index (χ1) is 8.97. The Bertz CT molecular complexity index is 356. The molecule has 0 aromatic heterocycles. The van der Waals surface area contributed by atoms with Crippen LogP contribution in [0.5, 0.6) is 0 Å². The number of rotatable bonds is 3. The van der Waals surface area contributed by atoms with Crippen molar-refractivity contribution >= 4 is 8.32 Å². The molecule has 2 saturated carbocycles. The topological polar surface area (TPSA) is 29.5 Å². The molecule has 0 aromatic rings. The van der Waals surface area contributed by atoms with Crippen molar-refractivity contribution in [3.8, 4) is 0 Å². The van der Waals surface area contributed by atoms with Gasteiger partial charge in [-0.1, -0.05) is 34.6 Å². The largest absolute Gasteiger partial charge is 0.416 e. The van der Waals surface area contributed by atoms with E-state index < -0.39 is 8.32 Å². The van der Waals surface area contributed by atoms with E-state index in [1.807, 2.05) is 0 Å². The fourth-order valence-corrected chi connectivity index (χ4v) is 4.73. The van der Waals surface area contributed by atoms with Gasteiger partial charge in [0.2, 0.25) is 0 Å². The van der Waals surface area contributed by atoms with Crippen molar-refractivity contribution in [1.29, 1.82) is 0 Å². The van der Waals surface area contributed by atoms with E-state index in [0.717, 1.165) is 31.3 Å². The minimum absolute atomic E-state index is 0.156. The predicted octanol–water partition coefficient (Wildman–Crippen LogP) is 4.44. The van der Waals surface area contributed by atoms with Crippen molar-refractivity contribution in [2.24, 2.45) is 23.2 Å². The Hall–Kier alpha value is 0.137. The van der Waals surface area contributed by atoms with Crippen LogP contribution in [0.1, 0.15) is 53.9 Å². The summed E-state index contributed by atoms with van der Waals surface area (Å²) in [5.41, 5.74) is 0.478. The van der Waals surface area contributed by atoms with Crippen LogP contribution >= 0.6 is 0 Å². The quantitative estimate of drug-likeness (QED) is 0.780. The summed E-state index contributed by atoms with van der Waals surface area (Å²) in [6.07, 6.45) is 3.25. The Balaban J connectivity index is 1.89. The molecule has 0 heterocycles. The number of fused-ring (bicyclic) bond motifs is 1. The monoisotopic (exact) mass is 298 g/mol. The Morgan fingerprint density at radius 1 is 1.15 bits per heavy atom. The van der Waals surface area contributed by atoms with Crippen LogP contribution in [0.25, 0.3) is 0 Å². The van der Waals surface area contributed by atoms with Gasteiger partial charge in [-0.3, -0.25) is 0 Å². The van der Waals surface area contributed by atoms with Gasteiger partial charge in [-0.05, 0) is 54.6 Å². The molecule has 118 valence electrons. The summed E-state index contributed by atoms with van der Waals surface area (Å²) in [5.74, 6) is 1.94. The third kappa shape index (κ3) is 3.00. The molecule has 2 aliphatic rings. The molecule has 2 rings (SSSR count). The molecule has 0 bridgehead atoms. The van der Waals surface area contributed by atoms with Crippen molar-refractivity contribution in [3.63, 3.8) is 0 Å². The van der Waals surface area contributed by atoms with Gasteiger partial charge in [0.15, 0.2) is 8.32 Å². The van der Waals surface area contributed by atoms with E-state index in [0.29, 0.717) is 11.3 Å². The van der Waals surface area contributed by atoms with E-state index in [-0.39, 0.29) is 11.1 Å². The summed E-state index contributed by atoms with van der Waals surface area (Å²) in [5, 5.41) is 10.8. The second-order valence-corrected chi connectivity index (χ2v) is 14.1. The fraction of sp³-hybridized carbons (Fsp3) is 1.00. The van der Waals surface area contributed by atoms with E-state index in [2.05, 4.69) is 47.7 Å². The van der Waals surface area contributed by atoms with E-state index in [9.17, 15) is 5.11 Å². The Labute approximate surface area is 126 Å². The van der Waals surface area contributed by atoms with Crippen molar-refractivity contribution < 1.29 is 9.53 Å². The highest BCUT2D eigenvalue weighted by molar-refractivity contribution is 6.74. The van der Waals surface area contributed by atoms with Crippen LogP contribution in [-0.4, -0.2) is 26.1 Å². The van der Waals surface area contributed by atoms with Crippen molar-refractivity contribution in [2.45, 2.75) is 78.1 Å². The molecule has 2 aliphatic carbocycles. The highest BCUT2D eigenvalue weighted by Gasteiger charge is 2.58. The van der Waals surface area contributed by atoms with Crippen LogP contribution in [0, 0.1) is 23.2 Å². The standard InChI is InChI=1S/C17H34O2Si/c1-16(2,3)20(6,7)19-11-12-8-9-13-14(10-15(12)18)17(13,4)5/h12-15,18H,8-11H2,1-7H3/t12-,13+,14-,15?/m0/s1. The summed E-state index contributed by atoms with van der Waals surface area (Å²) < 4.78 is 6.34. The fourth-order valence-electron chi connectivity index (χ4n) is 3.66. The number of hydrogen-bond donors (Lipinski definition) is 1. The lowest BCUT2D eigenvalue weighted by molar-refractivity contribution is 0.0560. The Morgan fingerprint density at radius 3 is 2.30 bits per heavy atom. The maximum absolute atomic E-state index is 10.5. The molecule has 0 radical (unpaired) electrons. The first-order valence-electron chi connectivity index (χ1n) is 8.29. The molecule has 1 N–H and O–H groups in total. The van der Waals surface area contributed by atoms with Crippen LogP contribution in [0.4, 0.5) is 0 Å². The molecule has 0 aromatic carbocycles. The van der Waals surface area contributed by atoms with Gasteiger partial charge in [0.05, 0.1) is 6.10 Å². The zero-order valence-corrected chi connectivity index (χ0v) is 15.5. The maximum Gasteiger partial charge on any atom is 0.191 e. The summed E-state index contributed by atoms with van der Waals surface area (Å²) in [6, 6.07) is 0. The van der Waals surface area contributed by atoms with E-state index in [1.54, 1.807) is 0 Å². The number of aliphatic hydroxyl groups excluding tert-OH is 1. The lowest BCUT2D eigenvalue weighted by Gasteiger charge is -2.38. The van der Waals surface area contributed by atoms with Crippen LogP contribution in [0.15, 0.2) is 0 Å². The van der Waals surface area contributed by atoms with Crippen LogP contribution in [0.3, 0.4) is 0 Å². The highest BCUT2D eigenvalue weighted by Crippen LogP contribution is 2.64. The first kappa shape index (κ1) is 16.5. The van der Waals surface area contributed by atoms with Gasteiger partial charge in [-0.25, -0.2) is 0 Å². The second-order valence-electron chi connectivity index (χ2n) is 9.25. The molecule has 20 heavy (non-hydrogen) atoms. The van der Waals surface area contributed by atoms with Gasteiger partial charge in [0, 0.05) is 12.5 Å². The third-order valence-electron chi connectivity index (χ3n) is 6.64. The summed E-state index contributed by atoms with van der Waals surface area (Å²) >= 11 is 0. The zero-order valence-electron chi connectivity index (χ0n) is 14.5. The van der Waals surface area contributed by atoms with E-state index >= 15 is 0 Å². The normalized spacial score (nSPS) is 37.2. The zero-order chi connectivity index (χ0) is 15.3. The number of hydrogen-bond acceptors (Lipinski definition) is 2. The van der Waals surface area contributed by atoms with Gasteiger partial charge in [0.1, 0.15) is 0 Å². The summed E-state index contributed by atoms with van der Waals surface area (Å²) in [6.45, 7) is 16.9. The predicted molar refractivity (Wildman–Crippen MR) is 87.3 cm³/mol. The molecular formula is C17H34O2Si. The average molecular weight is 299 g/mol. The second kappa shape index (κ2) is 5.10. The van der Waals surface area contributed by atoms with Gasteiger partial charge in [-0.2, -0.15) is 0 Å². The maximum atomic E-state index is 10.5. The summed E-state index contributed by atoms with van der Waals surface area (Å²) in [4.78, 5) is 0. The molecule has 3 heteroatoms. The van der Waals surface area contributed by atoms with Gasteiger partial charge >= 0.3 is 0 Å². The highest BCUT2D eigenvalue weighted by atomic mass is 28.4. The Morgan fingerprint density at radius 2 is 1.75 bits per heavy atom. The molecule has 0 spiro atoms. The SMILES string of the molecule is CC1(C)[C@@H]2CC[C@@H](CO[Si](C)(C)C(C)(C)C)C(O)C[C@@H]21. The van der Waals surface area contributed by atoms with Gasteiger partial charge in [-0.15, -0.1) is 0 Å². The van der Waals surface area contributed by atoms with E-state index in [4.69, 9.17) is 4.43 Å². The van der Waals surface area contributed by atoms with Crippen LogP contribution < -0.4 is 0 Å². The van der Waals surface area contributed by atoms with Crippen LogP contribution in [0.2, 0.25) is 18.1 Å². The summed E-state index contributed by atoms with van der Waals surface area (Å²) in [7, 11) is -1.68. The van der Waals surface area contributed by atoms with Crippen LogP contribution in [-0.2, 0) is 4.43 Å². The third-order valence-corrected chi connectivity index (χ3v) is 11.1. The molecule has 0 aliphatic heterocycles. The average Bonchev–Trinajstić information content (AvgIpc) is 2.84. The molecular weight excluding hydrogens is 264 g/mol. The molecule has 2 fully saturated rings. The first-order valence-corrected chi connectivity index (χ1v) is 11.2. The van der Waals surface area contributed by atoms with Crippen molar-refractivity contribution in [2.75, 3.05) is 6.61 Å². The van der Waals surface area contributed by atoms with Gasteiger partial charge < -0.3 is 9.53 Å². The van der Waals surface area contributed by atoms with Gasteiger partial charge in [0.25, 0.3) is 0 Å². The smallest absolute Gasteiger partial charge is 0.191 e. The molecule has 4 atom stereocenters. The lowest BCUT2D eigenvalue weighted by atomic mass is 9.92. The minimum atomic E-state index is -1.68. The molecule has 2 nitrogen and oxygen atoms in total. The van der Waals surface area contributed by atoms with Crippen molar-refractivity contribution in [1.82, 2.24) is 0 Å². The lowest BCUT2D eigenvalue weighted by Crippen LogP contribution is -2.43. The molecule has 1 unspecified atom stereocenters. The Kier molecular flexibility index (Phi) is 4.21. The van der Waals surface area contributed by atoms with E-state index in [1.165, 1.54) is 6.42 Å². The molecule has 0 saturated heterocycles. The van der Waals surface area contributed by atoms with Crippen molar-refractivity contribution in [3.05, 3.63) is 0 Å².